The number of aliphatic hydroxyl groups is 2. The Kier molecular flexibility index (Phi) is 7.32. The number of ether oxygens (including phenoxy) is 2. The average Bonchev–Trinajstić information content (AvgIpc) is 2.66. The first-order valence-electron chi connectivity index (χ1n) is 11.7. The monoisotopic (exact) mass is 434 g/mol. The molecule has 174 valence electrons. The average molecular weight is 435 g/mol. The SMILES string of the molecule is C[C@H](O)C(C)(C)C(=O)O[C@H]1C[C@@H](C)C=C2C=C[C@H](C)[C@H](CC[C@@H]3C[C@@H](O)CC(=O)O3)[C@H]21. The first kappa shape index (κ1) is 24.0. The third-order valence-corrected chi connectivity index (χ3v) is 7.48. The maximum atomic E-state index is 12.9. The molecule has 3 rings (SSSR count). The second kappa shape index (κ2) is 9.45. The van der Waals surface area contributed by atoms with Gasteiger partial charge in [-0.15, -0.1) is 0 Å². The lowest BCUT2D eigenvalue weighted by Gasteiger charge is -2.44. The summed E-state index contributed by atoms with van der Waals surface area (Å²) in [4.78, 5) is 24.6. The van der Waals surface area contributed by atoms with Crippen molar-refractivity contribution < 1.29 is 29.3 Å². The van der Waals surface area contributed by atoms with E-state index in [1.54, 1.807) is 20.8 Å². The van der Waals surface area contributed by atoms with E-state index < -0.39 is 17.6 Å². The highest BCUT2D eigenvalue weighted by atomic mass is 16.6. The molecule has 0 amide bonds. The van der Waals surface area contributed by atoms with E-state index in [-0.39, 0.29) is 42.4 Å². The fraction of sp³-hybridized carbons (Fsp3) is 0.760. The fourth-order valence-corrected chi connectivity index (χ4v) is 5.10. The summed E-state index contributed by atoms with van der Waals surface area (Å²) in [5.74, 6) is 0.214. The molecule has 2 aliphatic carbocycles. The molecule has 0 aromatic carbocycles. The van der Waals surface area contributed by atoms with Gasteiger partial charge in [-0.25, -0.2) is 0 Å². The van der Waals surface area contributed by atoms with Crippen LogP contribution in [0.3, 0.4) is 0 Å². The first-order chi connectivity index (χ1) is 14.5. The summed E-state index contributed by atoms with van der Waals surface area (Å²) in [5.41, 5.74) is 0.234. The summed E-state index contributed by atoms with van der Waals surface area (Å²) in [6, 6.07) is 0. The van der Waals surface area contributed by atoms with Gasteiger partial charge in [-0.05, 0) is 63.4 Å². The molecule has 31 heavy (non-hydrogen) atoms. The van der Waals surface area contributed by atoms with Gasteiger partial charge in [0.2, 0.25) is 0 Å². The Morgan fingerprint density at radius 1 is 1.29 bits per heavy atom. The molecule has 0 bridgehead atoms. The summed E-state index contributed by atoms with van der Waals surface area (Å²) in [6.45, 7) is 9.35. The number of hydrogen-bond donors (Lipinski definition) is 2. The third kappa shape index (κ3) is 5.40. The van der Waals surface area contributed by atoms with Crippen LogP contribution in [0.2, 0.25) is 0 Å². The highest BCUT2D eigenvalue weighted by molar-refractivity contribution is 5.77. The Balaban J connectivity index is 1.77. The third-order valence-electron chi connectivity index (χ3n) is 7.48. The van der Waals surface area contributed by atoms with Crippen LogP contribution in [0.25, 0.3) is 0 Å². The number of aliphatic hydroxyl groups excluding tert-OH is 2. The van der Waals surface area contributed by atoms with Crippen molar-refractivity contribution in [1.82, 2.24) is 0 Å². The standard InChI is InChI=1S/C25H38O6/c1-14-10-17-7-6-15(2)20(9-8-19-12-18(27)13-22(28)30-19)23(17)21(11-14)31-24(29)25(4,5)16(3)26/h6-7,10,14-16,18-21,23,26-27H,8-9,11-13H2,1-5H3/t14-,15-,16-,18+,19+,20-,21-,23-/m0/s1. The van der Waals surface area contributed by atoms with Crippen LogP contribution in [-0.2, 0) is 19.1 Å². The smallest absolute Gasteiger partial charge is 0.314 e. The first-order valence-corrected chi connectivity index (χ1v) is 11.7. The van der Waals surface area contributed by atoms with Crippen LogP contribution in [-0.4, -0.2) is 46.6 Å². The van der Waals surface area contributed by atoms with Gasteiger partial charge < -0.3 is 19.7 Å². The van der Waals surface area contributed by atoms with Crippen LogP contribution < -0.4 is 0 Å². The Labute approximate surface area is 185 Å². The van der Waals surface area contributed by atoms with Gasteiger partial charge in [0.25, 0.3) is 0 Å². The number of rotatable bonds is 6. The van der Waals surface area contributed by atoms with Crippen molar-refractivity contribution in [1.29, 1.82) is 0 Å². The van der Waals surface area contributed by atoms with Gasteiger partial charge in [0.1, 0.15) is 12.2 Å². The molecule has 0 aromatic heterocycles. The number of carbonyl (C=O) groups excluding carboxylic acids is 2. The minimum atomic E-state index is -0.970. The van der Waals surface area contributed by atoms with E-state index in [0.717, 1.165) is 12.8 Å². The molecule has 1 heterocycles. The molecule has 0 spiro atoms. The lowest BCUT2D eigenvalue weighted by Crippen LogP contribution is -2.45. The van der Waals surface area contributed by atoms with Crippen molar-refractivity contribution in [2.24, 2.45) is 29.1 Å². The number of allylic oxidation sites excluding steroid dienone is 3. The molecular weight excluding hydrogens is 396 g/mol. The summed E-state index contributed by atoms with van der Waals surface area (Å²) in [7, 11) is 0. The Morgan fingerprint density at radius 2 is 2.00 bits per heavy atom. The van der Waals surface area contributed by atoms with E-state index in [1.165, 1.54) is 5.57 Å². The molecule has 1 fully saturated rings. The van der Waals surface area contributed by atoms with Crippen molar-refractivity contribution in [3.8, 4) is 0 Å². The molecule has 0 radical (unpaired) electrons. The van der Waals surface area contributed by atoms with Gasteiger partial charge in [0.05, 0.1) is 24.0 Å². The second-order valence-corrected chi connectivity index (χ2v) is 10.4. The summed E-state index contributed by atoms with van der Waals surface area (Å²) >= 11 is 0. The number of carbonyl (C=O) groups is 2. The second-order valence-electron chi connectivity index (χ2n) is 10.4. The summed E-state index contributed by atoms with van der Waals surface area (Å²) in [6.07, 6.45) is 7.51. The largest absolute Gasteiger partial charge is 0.462 e. The molecule has 1 saturated heterocycles. The predicted molar refractivity (Wildman–Crippen MR) is 117 cm³/mol. The van der Waals surface area contributed by atoms with Gasteiger partial charge >= 0.3 is 11.9 Å². The minimum Gasteiger partial charge on any atom is -0.462 e. The number of esters is 2. The molecular formula is C25H38O6. The van der Waals surface area contributed by atoms with E-state index in [0.29, 0.717) is 24.7 Å². The molecule has 6 nitrogen and oxygen atoms in total. The van der Waals surface area contributed by atoms with Crippen molar-refractivity contribution in [2.45, 2.75) is 91.1 Å². The van der Waals surface area contributed by atoms with Crippen LogP contribution in [0.5, 0.6) is 0 Å². The number of hydrogen-bond acceptors (Lipinski definition) is 6. The number of cyclic esters (lactones) is 1. The zero-order valence-electron chi connectivity index (χ0n) is 19.4. The fourth-order valence-electron chi connectivity index (χ4n) is 5.10. The van der Waals surface area contributed by atoms with Gasteiger partial charge in [-0.1, -0.05) is 32.1 Å². The number of fused-ring (bicyclic) bond motifs is 1. The van der Waals surface area contributed by atoms with Gasteiger partial charge in [-0.3, -0.25) is 9.59 Å². The van der Waals surface area contributed by atoms with Crippen LogP contribution in [0, 0.1) is 29.1 Å². The quantitative estimate of drug-likeness (QED) is 0.621. The molecule has 0 aromatic rings. The van der Waals surface area contributed by atoms with E-state index in [9.17, 15) is 19.8 Å². The van der Waals surface area contributed by atoms with Gasteiger partial charge in [0.15, 0.2) is 0 Å². The van der Waals surface area contributed by atoms with Crippen molar-refractivity contribution in [3.05, 3.63) is 23.8 Å². The summed E-state index contributed by atoms with van der Waals surface area (Å²) in [5, 5.41) is 20.0. The molecule has 2 N–H and O–H groups in total. The topological polar surface area (TPSA) is 93.1 Å². The Bertz CT molecular complexity index is 736. The highest BCUT2D eigenvalue weighted by Gasteiger charge is 2.44. The predicted octanol–water partition coefficient (Wildman–Crippen LogP) is 3.56. The van der Waals surface area contributed by atoms with Crippen LogP contribution in [0.1, 0.15) is 66.7 Å². The molecule has 3 aliphatic rings. The minimum absolute atomic E-state index is 0.0730. The molecule has 0 saturated carbocycles. The highest BCUT2D eigenvalue weighted by Crippen LogP contribution is 2.45. The van der Waals surface area contributed by atoms with Crippen molar-refractivity contribution in [2.75, 3.05) is 0 Å². The van der Waals surface area contributed by atoms with Crippen molar-refractivity contribution in [3.63, 3.8) is 0 Å². The Morgan fingerprint density at radius 3 is 2.65 bits per heavy atom. The molecule has 0 unspecified atom stereocenters. The van der Waals surface area contributed by atoms with E-state index >= 15 is 0 Å². The maximum absolute atomic E-state index is 12.9. The van der Waals surface area contributed by atoms with E-state index in [2.05, 4.69) is 32.1 Å². The zero-order chi connectivity index (χ0) is 22.9. The van der Waals surface area contributed by atoms with E-state index in [4.69, 9.17) is 9.47 Å². The Hall–Kier alpha value is -1.66. The zero-order valence-corrected chi connectivity index (χ0v) is 19.4. The lowest BCUT2D eigenvalue weighted by molar-refractivity contribution is -0.171. The van der Waals surface area contributed by atoms with E-state index in [1.807, 2.05) is 0 Å². The van der Waals surface area contributed by atoms with Crippen LogP contribution in [0.15, 0.2) is 23.8 Å². The summed E-state index contributed by atoms with van der Waals surface area (Å²) < 4.78 is 11.5. The van der Waals surface area contributed by atoms with Crippen LogP contribution >= 0.6 is 0 Å². The van der Waals surface area contributed by atoms with Gasteiger partial charge in [0, 0.05) is 12.3 Å². The van der Waals surface area contributed by atoms with Crippen molar-refractivity contribution >= 4 is 11.9 Å². The maximum Gasteiger partial charge on any atom is 0.314 e. The molecule has 6 heteroatoms. The van der Waals surface area contributed by atoms with Gasteiger partial charge in [-0.2, -0.15) is 0 Å². The normalized spacial score (nSPS) is 36.8. The lowest BCUT2D eigenvalue weighted by atomic mass is 9.65. The molecule has 8 atom stereocenters. The molecule has 1 aliphatic heterocycles. The van der Waals surface area contributed by atoms with Crippen LogP contribution in [0.4, 0.5) is 0 Å².